The van der Waals surface area contributed by atoms with Crippen molar-refractivity contribution in [2.45, 2.75) is 49.6 Å². The Balaban J connectivity index is 1.77. The first-order valence-corrected chi connectivity index (χ1v) is 8.52. The topological polar surface area (TPSA) is 55.4 Å². The highest BCUT2D eigenvalue weighted by Gasteiger charge is 2.23. The lowest BCUT2D eigenvalue weighted by molar-refractivity contribution is -0.152. The lowest BCUT2D eigenvalue weighted by atomic mass is 10.2. The third kappa shape index (κ3) is 5.49. The fraction of sp³-hybridized carbons (Fsp3) is 0.500. The van der Waals surface area contributed by atoms with Crippen LogP contribution in [-0.4, -0.2) is 29.8 Å². The van der Waals surface area contributed by atoms with E-state index in [9.17, 15) is 18.4 Å². The van der Waals surface area contributed by atoms with Crippen LogP contribution in [0.15, 0.2) is 23.1 Å². The zero-order valence-electron chi connectivity index (χ0n) is 12.8. The Morgan fingerprint density at radius 1 is 1.35 bits per heavy atom. The third-order valence-corrected chi connectivity index (χ3v) is 4.62. The molecule has 0 bridgehead atoms. The van der Waals surface area contributed by atoms with E-state index in [1.54, 1.807) is 0 Å². The van der Waals surface area contributed by atoms with Gasteiger partial charge in [-0.15, -0.1) is 11.8 Å². The normalized spacial score (nSPS) is 16.1. The molecule has 1 saturated carbocycles. The van der Waals surface area contributed by atoms with Crippen molar-refractivity contribution in [3.63, 3.8) is 0 Å². The molecule has 0 spiro atoms. The van der Waals surface area contributed by atoms with Crippen LogP contribution >= 0.6 is 11.8 Å². The third-order valence-electron chi connectivity index (χ3n) is 3.62. The zero-order chi connectivity index (χ0) is 16.8. The summed E-state index contributed by atoms with van der Waals surface area (Å²) in [5.74, 6) is -2.34. The molecule has 1 aliphatic carbocycles. The van der Waals surface area contributed by atoms with Crippen molar-refractivity contribution in [3.8, 4) is 0 Å². The van der Waals surface area contributed by atoms with Gasteiger partial charge in [-0.05, 0) is 38.0 Å². The Hall–Kier alpha value is -1.63. The maximum Gasteiger partial charge on any atom is 0.317 e. The second-order valence-electron chi connectivity index (χ2n) is 5.49. The second kappa shape index (κ2) is 8.29. The average molecular weight is 343 g/mol. The minimum Gasteiger partial charge on any atom is -0.452 e. The van der Waals surface area contributed by atoms with Crippen molar-refractivity contribution >= 4 is 23.6 Å². The standard InChI is InChI=1S/C16H19F2NO3S/c1-10(16(21)19-12-4-2-3-5-12)22-15(20)9-23-14-8-11(17)6-7-13(14)18/h6-8,10,12H,2-5,9H2,1H3,(H,19,21)/t10-/m1/s1. The number of hydrogen-bond donors (Lipinski definition) is 1. The Morgan fingerprint density at radius 3 is 2.74 bits per heavy atom. The number of carbonyl (C=O) groups excluding carboxylic acids is 2. The Kier molecular flexibility index (Phi) is 6.38. The van der Waals surface area contributed by atoms with Crippen molar-refractivity contribution in [1.82, 2.24) is 5.32 Å². The van der Waals surface area contributed by atoms with Gasteiger partial charge in [0.2, 0.25) is 0 Å². The van der Waals surface area contributed by atoms with Crippen LogP contribution in [0.3, 0.4) is 0 Å². The van der Waals surface area contributed by atoms with Gasteiger partial charge in [0.05, 0.1) is 5.75 Å². The molecule has 1 amide bonds. The molecule has 126 valence electrons. The first-order chi connectivity index (χ1) is 11.0. The summed E-state index contributed by atoms with van der Waals surface area (Å²) in [4.78, 5) is 23.7. The van der Waals surface area contributed by atoms with E-state index in [1.165, 1.54) is 6.92 Å². The highest BCUT2D eigenvalue weighted by atomic mass is 32.2. The molecular formula is C16H19F2NO3S. The van der Waals surface area contributed by atoms with E-state index in [0.29, 0.717) is 0 Å². The molecule has 7 heteroatoms. The van der Waals surface area contributed by atoms with Gasteiger partial charge in [-0.2, -0.15) is 0 Å². The summed E-state index contributed by atoms with van der Waals surface area (Å²) in [7, 11) is 0. The monoisotopic (exact) mass is 343 g/mol. The summed E-state index contributed by atoms with van der Waals surface area (Å²) in [6, 6.07) is 3.18. The van der Waals surface area contributed by atoms with Crippen LogP contribution < -0.4 is 5.32 Å². The summed E-state index contributed by atoms with van der Waals surface area (Å²) in [6.07, 6.45) is 3.17. The van der Waals surface area contributed by atoms with Gasteiger partial charge in [0.15, 0.2) is 6.10 Å². The van der Waals surface area contributed by atoms with Crippen molar-refractivity contribution < 1.29 is 23.1 Å². The molecule has 1 aromatic rings. The number of halogens is 2. The number of rotatable bonds is 6. The number of amides is 1. The van der Waals surface area contributed by atoms with Crippen molar-refractivity contribution in [1.29, 1.82) is 0 Å². The van der Waals surface area contributed by atoms with Crippen LogP contribution in [0, 0.1) is 11.6 Å². The van der Waals surface area contributed by atoms with Crippen LogP contribution in [-0.2, 0) is 14.3 Å². The quantitative estimate of drug-likeness (QED) is 0.637. The molecule has 0 saturated heterocycles. The number of ether oxygens (including phenoxy) is 1. The maximum atomic E-state index is 13.4. The van der Waals surface area contributed by atoms with Gasteiger partial charge in [0.1, 0.15) is 11.6 Å². The Morgan fingerprint density at radius 2 is 2.04 bits per heavy atom. The number of esters is 1. The SMILES string of the molecule is C[C@@H](OC(=O)CSc1cc(F)ccc1F)C(=O)NC1CCCC1. The highest BCUT2D eigenvalue weighted by Crippen LogP contribution is 2.23. The zero-order valence-corrected chi connectivity index (χ0v) is 13.6. The number of nitrogens with one attached hydrogen (secondary N) is 1. The largest absolute Gasteiger partial charge is 0.452 e. The van der Waals surface area contributed by atoms with Gasteiger partial charge < -0.3 is 10.1 Å². The molecule has 0 aromatic heterocycles. The van der Waals surface area contributed by atoms with E-state index >= 15 is 0 Å². The fourth-order valence-corrected chi connectivity index (χ4v) is 3.14. The molecule has 1 aromatic carbocycles. The van der Waals surface area contributed by atoms with Crippen LogP contribution in [0.4, 0.5) is 8.78 Å². The summed E-state index contributed by atoms with van der Waals surface area (Å²) in [5, 5.41) is 2.84. The van der Waals surface area contributed by atoms with E-state index in [2.05, 4.69) is 5.32 Å². The van der Waals surface area contributed by atoms with E-state index in [4.69, 9.17) is 4.74 Å². The van der Waals surface area contributed by atoms with E-state index in [0.717, 1.165) is 55.6 Å². The lowest BCUT2D eigenvalue weighted by Gasteiger charge is -2.17. The number of benzene rings is 1. The molecule has 1 atom stereocenters. The first-order valence-electron chi connectivity index (χ1n) is 7.53. The molecule has 0 aliphatic heterocycles. The van der Waals surface area contributed by atoms with Crippen molar-refractivity contribution in [2.24, 2.45) is 0 Å². The predicted molar refractivity (Wildman–Crippen MR) is 83.0 cm³/mol. The lowest BCUT2D eigenvalue weighted by Crippen LogP contribution is -2.41. The van der Waals surface area contributed by atoms with E-state index < -0.39 is 23.7 Å². The molecule has 0 unspecified atom stereocenters. The highest BCUT2D eigenvalue weighted by molar-refractivity contribution is 8.00. The maximum absolute atomic E-state index is 13.4. The Bertz CT molecular complexity index is 576. The average Bonchev–Trinajstić information content (AvgIpc) is 3.01. The summed E-state index contributed by atoms with van der Waals surface area (Å²) >= 11 is 0.835. The Labute approximate surface area is 138 Å². The predicted octanol–water partition coefficient (Wildman–Crippen LogP) is 3.05. The van der Waals surface area contributed by atoms with Gasteiger partial charge in [-0.3, -0.25) is 9.59 Å². The summed E-state index contributed by atoms with van der Waals surface area (Å²) in [5.41, 5.74) is 0. The molecule has 1 fully saturated rings. The number of carbonyl (C=O) groups is 2. The molecule has 0 radical (unpaired) electrons. The minimum atomic E-state index is -0.902. The van der Waals surface area contributed by atoms with Gasteiger partial charge in [0.25, 0.3) is 5.91 Å². The first kappa shape index (κ1) is 17.7. The number of thioether (sulfide) groups is 1. The summed E-state index contributed by atoms with van der Waals surface area (Å²) < 4.78 is 31.5. The van der Waals surface area contributed by atoms with E-state index in [1.807, 2.05) is 0 Å². The van der Waals surface area contributed by atoms with Crippen molar-refractivity contribution in [2.75, 3.05) is 5.75 Å². The van der Waals surface area contributed by atoms with Crippen LogP contribution in [0.1, 0.15) is 32.6 Å². The van der Waals surface area contributed by atoms with Crippen LogP contribution in [0.2, 0.25) is 0 Å². The van der Waals surface area contributed by atoms with E-state index in [-0.39, 0.29) is 22.6 Å². The van der Waals surface area contributed by atoms with Crippen molar-refractivity contribution in [3.05, 3.63) is 29.8 Å². The molecular weight excluding hydrogens is 324 g/mol. The molecule has 1 aliphatic rings. The van der Waals surface area contributed by atoms with Gasteiger partial charge in [0, 0.05) is 10.9 Å². The number of hydrogen-bond acceptors (Lipinski definition) is 4. The smallest absolute Gasteiger partial charge is 0.317 e. The van der Waals surface area contributed by atoms with Gasteiger partial charge in [-0.1, -0.05) is 12.8 Å². The van der Waals surface area contributed by atoms with Gasteiger partial charge in [-0.25, -0.2) is 8.78 Å². The van der Waals surface area contributed by atoms with Crippen LogP contribution in [0.25, 0.3) is 0 Å². The minimum absolute atomic E-state index is 0.0324. The fourth-order valence-electron chi connectivity index (χ4n) is 2.40. The molecule has 1 N–H and O–H groups in total. The summed E-state index contributed by atoms with van der Waals surface area (Å²) in [6.45, 7) is 1.50. The molecule has 4 nitrogen and oxygen atoms in total. The second-order valence-corrected chi connectivity index (χ2v) is 6.50. The molecule has 23 heavy (non-hydrogen) atoms. The molecule has 0 heterocycles. The van der Waals surface area contributed by atoms with Gasteiger partial charge >= 0.3 is 5.97 Å². The van der Waals surface area contributed by atoms with Crippen LogP contribution in [0.5, 0.6) is 0 Å². The molecule has 2 rings (SSSR count).